The molecular weight excluding hydrogens is 168 g/mol. The molecular formula is C14H26. The van der Waals surface area contributed by atoms with E-state index in [0.29, 0.717) is 0 Å². The summed E-state index contributed by atoms with van der Waals surface area (Å²) in [6, 6.07) is 0. The zero-order chi connectivity index (χ0) is 10.2. The Bertz CT molecular complexity index is 188. The molecule has 0 aromatic carbocycles. The van der Waals surface area contributed by atoms with Crippen LogP contribution in [0.3, 0.4) is 0 Å². The van der Waals surface area contributed by atoms with Crippen molar-refractivity contribution in [3.8, 4) is 0 Å². The van der Waals surface area contributed by atoms with E-state index in [9.17, 15) is 0 Å². The molecule has 0 radical (unpaired) electrons. The molecule has 0 heterocycles. The SMILES string of the molecule is CC(C)CC1CC1(C)C1CCCCC1. The van der Waals surface area contributed by atoms with E-state index < -0.39 is 0 Å². The maximum Gasteiger partial charge on any atom is -0.0266 e. The highest BCUT2D eigenvalue weighted by molar-refractivity contribution is 5.03. The molecule has 82 valence electrons. The second kappa shape index (κ2) is 3.87. The molecule has 2 saturated carbocycles. The van der Waals surface area contributed by atoms with Gasteiger partial charge in [0.1, 0.15) is 0 Å². The van der Waals surface area contributed by atoms with Gasteiger partial charge < -0.3 is 0 Å². The van der Waals surface area contributed by atoms with E-state index in [2.05, 4.69) is 20.8 Å². The van der Waals surface area contributed by atoms with Crippen LogP contribution >= 0.6 is 0 Å². The maximum atomic E-state index is 2.57. The second-order valence-corrected chi connectivity index (χ2v) is 6.37. The molecule has 0 N–H and O–H groups in total. The molecule has 2 fully saturated rings. The fourth-order valence-corrected chi connectivity index (χ4v) is 3.66. The van der Waals surface area contributed by atoms with Crippen LogP contribution in [-0.4, -0.2) is 0 Å². The summed E-state index contributed by atoms with van der Waals surface area (Å²) >= 11 is 0. The standard InChI is InChI=1S/C14H26/c1-11(2)9-13-10-14(13,3)12-7-5-4-6-8-12/h11-13H,4-10H2,1-3H3. The van der Waals surface area contributed by atoms with Crippen molar-refractivity contribution < 1.29 is 0 Å². The van der Waals surface area contributed by atoms with Gasteiger partial charge in [-0.15, -0.1) is 0 Å². The van der Waals surface area contributed by atoms with Crippen molar-refractivity contribution >= 4 is 0 Å². The molecule has 2 unspecified atom stereocenters. The Morgan fingerprint density at radius 1 is 1.14 bits per heavy atom. The lowest BCUT2D eigenvalue weighted by Crippen LogP contribution is -2.18. The third kappa shape index (κ3) is 1.99. The Balaban J connectivity index is 1.85. The maximum absolute atomic E-state index is 2.57. The van der Waals surface area contributed by atoms with Crippen LogP contribution in [0.15, 0.2) is 0 Å². The monoisotopic (exact) mass is 194 g/mol. The Kier molecular flexibility index (Phi) is 2.91. The fourth-order valence-electron chi connectivity index (χ4n) is 3.66. The van der Waals surface area contributed by atoms with Crippen LogP contribution in [0.1, 0.15) is 65.7 Å². The third-order valence-electron chi connectivity index (χ3n) is 4.75. The first-order valence-electron chi connectivity index (χ1n) is 6.63. The predicted molar refractivity (Wildman–Crippen MR) is 62.2 cm³/mol. The van der Waals surface area contributed by atoms with Crippen molar-refractivity contribution in [3.05, 3.63) is 0 Å². The average Bonchev–Trinajstić information content (AvgIpc) is 2.79. The highest BCUT2D eigenvalue weighted by atomic mass is 14.6. The minimum Gasteiger partial charge on any atom is -0.0628 e. The van der Waals surface area contributed by atoms with Gasteiger partial charge in [-0.1, -0.05) is 40.0 Å². The lowest BCUT2D eigenvalue weighted by atomic mass is 9.77. The molecule has 0 aliphatic heterocycles. The summed E-state index contributed by atoms with van der Waals surface area (Å²) < 4.78 is 0. The topological polar surface area (TPSA) is 0 Å². The summed E-state index contributed by atoms with van der Waals surface area (Å²) in [4.78, 5) is 0. The van der Waals surface area contributed by atoms with Crippen LogP contribution in [0.2, 0.25) is 0 Å². The van der Waals surface area contributed by atoms with Crippen LogP contribution in [0.25, 0.3) is 0 Å². The Morgan fingerprint density at radius 3 is 2.36 bits per heavy atom. The van der Waals surface area contributed by atoms with Crippen molar-refractivity contribution in [1.82, 2.24) is 0 Å². The average molecular weight is 194 g/mol. The molecule has 0 aromatic heterocycles. The second-order valence-electron chi connectivity index (χ2n) is 6.37. The normalized spacial score (nSPS) is 39.0. The minimum atomic E-state index is 0.769. The summed E-state index contributed by atoms with van der Waals surface area (Å²) in [5.74, 6) is 3.07. The predicted octanol–water partition coefficient (Wildman–Crippen LogP) is 4.64. The van der Waals surface area contributed by atoms with Gasteiger partial charge in [0.25, 0.3) is 0 Å². The van der Waals surface area contributed by atoms with Gasteiger partial charge in [-0.2, -0.15) is 0 Å². The lowest BCUT2D eigenvalue weighted by Gasteiger charge is -2.29. The van der Waals surface area contributed by atoms with Gasteiger partial charge in [-0.3, -0.25) is 0 Å². The summed E-state index contributed by atoms with van der Waals surface area (Å²) in [5.41, 5.74) is 0.769. The smallest absolute Gasteiger partial charge is 0.0266 e. The molecule has 14 heavy (non-hydrogen) atoms. The number of hydrogen-bond donors (Lipinski definition) is 0. The molecule has 0 bridgehead atoms. The highest BCUT2D eigenvalue weighted by Gasteiger charge is 2.53. The molecule has 0 saturated heterocycles. The van der Waals surface area contributed by atoms with Gasteiger partial charge in [0.2, 0.25) is 0 Å². The Hall–Kier alpha value is 0. The van der Waals surface area contributed by atoms with E-state index in [4.69, 9.17) is 0 Å². The van der Waals surface area contributed by atoms with Crippen LogP contribution in [0.5, 0.6) is 0 Å². The lowest BCUT2D eigenvalue weighted by molar-refractivity contribution is 0.220. The van der Waals surface area contributed by atoms with Crippen molar-refractivity contribution in [2.24, 2.45) is 23.2 Å². The van der Waals surface area contributed by atoms with Crippen LogP contribution in [-0.2, 0) is 0 Å². The molecule has 2 aliphatic carbocycles. The van der Waals surface area contributed by atoms with Gasteiger partial charge in [-0.05, 0) is 48.9 Å². The molecule has 2 atom stereocenters. The summed E-state index contributed by atoms with van der Waals surface area (Å²) in [5, 5.41) is 0. The van der Waals surface area contributed by atoms with E-state index in [1.165, 1.54) is 44.9 Å². The molecule has 0 amide bonds. The number of hydrogen-bond acceptors (Lipinski definition) is 0. The van der Waals surface area contributed by atoms with Crippen molar-refractivity contribution in [2.45, 2.75) is 65.7 Å². The van der Waals surface area contributed by atoms with Gasteiger partial charge in [0.05, 0.1) is 0 Å². The van der Waals surface area contributed by atoms with E-state index in [0.717, 1.165) is 23.2 Å². The van der Waals surface area contributed by atoms with Crippen molar-refractivity contribution in [1.29, 1.82) is 0 Å². The third-order valence-corrected chi connectivity index (χ3v) is 4.75. The summed E-state index contributed by atoms with van der Waals surface area (Å²) in [7, 11) is 0. The van der Waals surface area contributed by atoms with Gasteiger partial charge in [-0.25, -0.2) is 0 Å². The molecule has 0 nitrogen and oxygen atoms in total. The van der Waals surface area contributed by atoms with E-state index in [-0.39, 0.29) is 0 Å². The first-order chi connectivity index (χ1) is 6.63. The van der Waals surface area contributed by atoms with Crippen molar-refractivity contribution in [3.63, 3.8) is 0 Å². The van der Waals surface area contributed by atoms with Gasteiger partial charge in [0, 0.05) is 0 Å². The largest absolute Gasteiger partial charge is 0.0628 e. The molecule has 0 spiro atoms. The zero-order valence-electron chi connectivity index (χ0n) is 10.2. The summed E-state index contributed by atoms with van der Waals surface area (Å²) in [6.07, 6.45) is 10.6. The fraction of sp³-hybridized carbons (Fsp3) is 1.00. The molecule has 0 heteroatoms. The van der Waals surface area contributed by atoms with Crippen LogP contribution in [0, 0.1) is 23.2 Å². The van der Waals surface area contributed by atoms with Crippen LogP contribution in [0.4, 0.5) is 0 Å². The number of rotatable bonds is 3. The highest BCUT2D eigenvalue weighted by Crippen LogP contribution is 2.62. The molecule has 0 aromatic rings. The van der Waals surface area contributed by atoms with E-state index in [1.807, 2.05) is 0 Å². The van der Waals surface area contributed by atoms with Gasteiger partial charge >= 0.3 is 0 Å². The molecule has 2 rings (SSSR count). The Morgan fingerprint density at radius 2 is 1.79 bits per heavy atom. The van der Waals surface area contributed by atoms with E-state index in [1.54, 1.807) is 0 Å². The first kappa shape index (κ1) is 10.5. The van der Waals surface area contributed by atoms with E-state index >= 15 is 0 Å². The van der Waals surface area contributed by atoms with Crippen molar-refractivity contribution in [2.75, 3.05) is 0 Å². The quantitative estimate of drug-likeness (QED) is 0.614. The zero-order valence-corrected chi connectivity index (χ0v) is 10.2. The molecule has 2 aliphatic rings. The summed E-state index contributed by atoms with van der Waals surface area (Å²) in [6.45, 7) is 7.31. The Labute approximate surface area is 89.5 Å². The van der Waals surface area contributed by atoms with Crippen LogP contribution < -0.4 is 0 Å². The van der Waals surface area contributed by atoms with Gasteiger partial charge in [0.15, 0.2) is 0 Å². The first-order valence-corrected chi connectivity index (χ1v) is 6.63. The minimum absolute atomic E-state index is 0.769.